The Labute approximate surface area is 191 Å². The van der Waals surface area contributed by atoms with Gasteiger partial charge in [0.2, 0.25) is 22.2 Å². The van der Waals surface area contributed by atoms with Crippen molar-refractivity contribution >= 4 is 22.2 Å². The second kappa shape index (κ2) is 21.4. The molecular formula is C22H41F3N2O4S. The maximum atomic E-state index is 11.5. The average molecular weight is 487 g/mol. The fourth-order valence-corrected chi connectivity index (χ4v) is 3.65. The summed E-state index contributed by atoms with van der Waals surface area (Å²) in [5.41, 5.74) is 5.19. The van der Waals surface area contributed by atoms with Crippen molar-refractivity contribution in [2.75, 3.05) is 12.3 Å². The van der Waals surface area contributed by atoms with Crippen molar-refractivity contribution in [2.24, 2.45) is 5.73 Å². The molecule has 0 saturated carbocycles. The molecule has 0 heterocycles. The molecule has 6 nitrogen and oxygen atoms in total. The fraction of sp³-hybridized carbons (Fsp3) is 0.818. The highest BCUT2D eigenvalue weighted by Gasteiger charge is 2.24. The van der Waals surface area contributed by atoms with Gasteiger partial charge in [0, 0.05) is 13.0 Å². The van der Waals surface area contributed by atoms with Gasteiger partial charge in [-0.05, 0) is 32.1 Å². The van der Waals surface area contributed by atoms with Crippen molar-refractivity contribution in [1.82, 2.24) is 4.72 Å². The standard InChI is InChI=1S/C20H40N2O3S.C2HF3O/c1-2-3-4-5-6-7-8-9-10-11-12-13-14-15-16-17-20(23)22-26(24,25)19-18-21;3-2(4,5)1-6/h9-10H,2-8,11-19,21H2,1H3,(H,22,23);1H/b10-9-;. The van der Waals surface area contributed by atoms with Crippen LogP contribution in [0, 0.1) is 0 Å². The van der Waals surface area contributed by atoms with Crippen LogP contribution in [0.5, 0.6) is 0 Å². The van der Waals surface area contributed by atoms with Gasteiger partial charge in [0.1, 0.15) is 0 Å². The largest absolute Gasteiger partial charge is 0.446 e. The van der Waals surface area contributed by atoms with Gasteiger partial charge in [-0.3, -0.25) is 14.3 Å². The lowest BCUT2D eigenvalue weighted by Crippen LogP contribution is -2.34. The summed E-state index contributed by atoms with van der Waals surface area (Å²) >= 11 is 0. The van der Waals surface area contributed by atoms with Gasteiger partial charge in [-0.1, -0.05) is 70.4 Å². The Kier molecular flexibility index (Phi) is 21.9. The molecule has 0 bridgehead atoms. The van der Waals surface area contributed by atoms with Crippen molar-refractivity contribution < 1.29 is 31.2 Å². The first kappa shape index (κ1) is 32.8. The highest BCUT2D eigenvalue weighted by molar-refractivity contribution is 7.90. The molecule has 0 aliphatic carbocycles. The number of amides is 1. The quantitative estimate of drug-likeness (QED) is 0.158. The summed E-state index contributed by atoms with van der Waals surface area (Å²) in [4.78, 5) is 20.2. The predicted octanol–water partition coefficient (Wildman–Crippen LogP) is 5.18. The number of nitrogens with two attached hydrogens (primary N) is 1. The molecule has 0 aromatic heterocycles. The summed E-state index contributed by atoms with van der Waals surface area (Å²) in [5, 5.41) is 0. The van der Waals surface area contributed by atoms with E-state index >= 15 is 0 Å². The SMILES string of the molecule is CCCCCCCC/C=C\CCCCCCCC(=O)NS(=O)(=O)CCN.O=CC(F)(F)F. The summed E-state index contributed by atoms with van der Waals surface area (Å²) in [6.45, 7) is 2.27. The van der Waals surface area contributed by atoms with Crippen molar-refractivity contribution in [1.29, 1.82) is 0 Å². The van der Waals surface area contributed by atoms with Crippen molar-refractivity contribution in [2.45, 2.75) is 103 Å². The molecule has 0 fully saturated rings. The lowest BCUT2D eigenvalue weighted by atomic mass is 10.1. The molecule has 1 amide bonds. The van der Waals surface area contributed by atoms with E-state index in [2.05, 4.69) is 23.8 Å². The van der Waals surface area contributed by atoms with Gasteiger partial charge < -0.3 is 5.73 Å². The van der Waals surface area contributed by atoms with Crippen LogP contribution in [0.25, 0.3) is 0 Å². The number of sulfonamides is 1. The number of nitrogens with one attached hydrogen (secondary N) is 1. The number of carbonyl (C=O) groups excluding carboxylic acids is 2. The maximum Gasteiger partial charge on any atom is 0.446 e. The third-order valence-electron chi connectivity index (χ3n) is 4.46. The van der Waals surface area contributed by atoms with Gasteiger partial charge >= 0.3 is 6.18 Å². The molecule has 190 valence electrons. The normalized spacial score (nSPS) is 11.8. The first-order chi connectivity index (χ1) is 15.1. The fourth-order valence-electron chi connectivity index (χ4n) is 2.79. The average Bonchev–Trinajstić information content (AvgIpc) is 2.70. The Bertz CT molecular complexity index is 594. The Morgan fingerprint density at radius 2 is 1.31 bits per heavy atom. The maximum absolute atomic E-state index is 11.5. The molecule has 0 aliphatic rings. The monoisotopic (exact) mass is 486 g/mol. The van der Waals surface area contributed by atoms with Gasteiger partial charge in [0.05, 0.1) is 5.75 Å². The highest BCUT2D eigenvalue weighted by atomic mass is 32.2. The molecular weight excluding hydrogens is 445 g/mol. The lowest BCUT2D eigenvalue weighted by molar-refractivity contribution is -0.156. The number of carbonyl (C=O) groups is 2. The van der Waals surface area contributed by atoms with E-state index in [1.807, 2.05) is 0 Å². The van der Waals surface area contributed by atoms with E-state index in [4.69, 9.17) is 10.5 Å². The van der Waals surface area contributed by atoms with Crippen LogP contribution in [0.1, 0.15) is 96.8 Å². The summed E-state index contributed by atoms with van der Waals surface area (Å²) < 4.78 is 56.1. The van der Waals surface area contributed by atoms with Crippen LogP contribution >= 0.6 is 0 Å². The minimum Gasteiger partial charge on any atom is -0.329 e. The third-order valence-corrected chi connectivity index (χ3v) is 5.77. The van der Waals surface area contributed by atoms with Gasteiger partial charge in [-0.25, -0.2) is 8.42 Å². The minimum atomic E-state index is -4.64. The Morgan fingerprint density at radius 3 is 1.75 bits per heavy atom. The van der Waals surface area contributed by atoms with Gasteiger partial charge in [-0.15, -0.1) is 0 Å². The van der Waals surface area contributed by atoms with Crippen molar-refractivity contribution in [3.8, 4) is 0 Å². The summed E-state index contributed by atoms with van der Waals surface area (Å²) in [7, 11) is -3.53. The Morgan fingerprint density at radius 1 is 0.875 bits per heavy atom. The molecule has 3 N–H and O–H groups in total. The van der Waals surface area contributed by atoms with E-state index in [1.54, 1.807) is 0 Å². The molecule has 0 atom stereocenters. The number of rotatable bonds is 18. The second-order valence-electron chi connectivity index (χ2n) is 7.63. The van der Waals surface area contributed by atoms with Gasteiger partial charge in [-0.2, -0.15) is 13.2 Å². The van der Waals surface area contributed by atoms with Crippen LogP contribution < -0.4 is 10.5 Å². The molecule has 0 aromatic carbocycles. The van der Waals surface area contributed by atoms with Crippen molar-refractivity contribution in [3.63, 3.8) is 0 Å². The topological polar surface area (TPSA) is 106 Å². The van der Waals surface area contributed by atoms with E-state index in [0.717, 1.165) is 32.1 Å². The van der Waals surface area contributed by atoms with Gasteiger partial charge in [0.25, 0.3) is 0 Å². The zero-order valence-corrected chi connectivity index (χ0v) is 20.1. The number of unbranched alkanes of at least 4 members (excludes halogenated alkanes) is 11. The number of allylic oxidation sites excluding steroid dienone is 2. The van der Waals surface area contributed by atoms with Crippen LogP contribution in [-0.2, 0) is 19.6 Å². The second-order valence-corrected chi connectivity index (χ2v) is 9.47. The molecule has 0 radical (unpaired) electrons. The molecule has 0 rings (SSSR count). The molecule has 0 saturated heterocycles. The van der Waals surface area contributed by atoms with Crippen LogP contribution in [-0.4, -0.2) is 39.1 Å². The number of halogens is 3. The van der Waals surface area contributed by atoms with Gasteiger partial charge in [0.15, 0.2) is 0 Å². The molecule has 0 aliphatic heterocycles. The molecule has 32 heavy (non-hydrogen) atoms. The Balaban J connectivity index is 0. The van der Waals surface area contributed by atoms with Crippen LogP contribution in [0.4, 0.5) is 13.2 Å². The third kappa shape index (κ3) is 28.6. The van der Waals surface area contributed by atoms with E-state index in [0.29, 0.717) is 0 Å². The van der Waals surface area contributed by atoms with Crippen molar-refractivity contribution in [3.05, 3.63) is 12.2 Å². The smallest absolute Gasteiger partial charge is 0.329 e. The highest BCUT2D eigenvalue weighted by Crippen LogP contribution is 2.10. The predicted molar refractivity (Wildman–Crippen MR) is 123 cm³/mol. The molecule has 0 spiro atoms. The number of hydrogen-bond donors (Lipinski definition) is 2. The van der Waals surface area contributed by atoms with Crippen LogP contribution in [0.3, 0.4) is 0 Å². The Hall–Kier alpha value is -1.42. The number of alkyl halides is 3. The van der Waals surface area contributed by atoms with E-state index in [-0.39, 0.29) is 18.7 Å². The zero-order valence-electron chi connectivity index (χ0n) is 19.3. The zero-order chi connectivity index (χ0) is 24.7. The lowest BCUT2D eigenvalue weighted by Gasteiger charge is -2.05. The van der Waals surface area contributed by atoms with Crippen LogP contribution in [0.2, 0.25) is 0 Å². The summed E-state index contributed by atoms with van der Waals surface area (Å²) in [6.07, 6.45) is 14.7. The first-order valence-corrected chi connectivity index (χ1v) is 13.1. The molecule has 0 unspecified atom stereocenters. The minimum absolute atomic E-state index is 0.0238. The van der Waals surface area contributed by atoms with E-state index in [9.17, 15) is 26.4 Å². The summed E-state index contributed by atoms with van der Waals surface area (Å²) in [6, 6.07) is 0. The molecule has 10 heteroatoms. The molecule has 0 aromatic rings. The van der Waals surface area contributed by atoms with Crippen LogP contribution in [0.15, 0.2) is 12.2 Å². The number of hydrogen-bond acceptors (Lipinski definition) is 5. The van der Waals surface area contributed by atoms with E-state index in [1.165, 1.54) is 51.4 Å². The van der Waals surface area contributed by atoms with E-state index < -0.39 is 28.4 Å². The first-order valence-electron chi connectivity index (χ1n) is 11.5. The summed E-state index contributed by atoms with van der Waals surface area (Å²) in [5.74, 6) is -0.624. The number of aldehydes is 1.